The van der Waals surface area contributed by atoms with Gasteiger partial charge >= 0.3 is 0 Å². The van der Waals surface area contributed by atoms with Gasteiger partial charge < -0.3 is 10.1 Å². The Labute approximate surface area is 119 Å². The predicted molar refractivity (Wildman–Crippen MR) is 77.4 cm³/mol. The molecule has 1 saturated carbocycles. The van der Waals surface area contributed by atoms with E-state index >= 15 is 0 Å². The standard InChI is InChI=1S/C16H20N2O2/c1-15(2)13(16(15,3)4)14(19)18-11-7-6-10(9-17)8-12(11)20-5/h6-8,13H,1-5H3,(H,18,19). The third-order valence-corrected chi connectivity index (χ3v) is 4.87. The summed E-state index contributed by atoms with van der Waals surface area (Å²) in [6.45, 7) is 8.42. The molecule has 0 atom stereocenters. The molecule has 1 amide bonds. The number of ether oxygens (including phenoxy) is 1. The fourth-order valence-electron chi connectivity index (χ4n) is 2.92. The lowest BCUT2D eigenvalue weighted by Gasteiger charge is -2.11. The molecule has 4 heteroatoms. The van der Waals surface area contributed by atoms with Crippen molar-refractivity contribution in [2.75, 3.05) is 12.4 Å². The molecule has 0 saturated heterocycles. The highest BCUT2D eigenvalue weighted by molar-refractivity contribution is 5.97. The van der Waals surface area contributed by atoms with E-state index < -0.39 is 0 Å². The first-order chi connectivity index (χ1) is 9.25. The zero-order chi connectivity index (χ0) is 15.1. The van der Waals surface area contributed by atoms with Gasteiger partial charge in [0.1, 0.15) is 5.75 Å². The van der Waals surface area contributed by atoms with Gasteiger partial charge in [0.2, 0.25) is 5.91 Å². The van der Waals surface area contributed by atoms with Crippen LogP contribution in [0, 0.1) is 28.1 Å². The molecule has 20 heavy (non-hydrogen) atoms. The van der Waals surface area contributed by atoms with E-state index in [-0.39, 0.29) is 22.7 Å². The van der Waals surface area contributed by atoms with Crippen LogP contribution in [0.2, 0.25) is 0 Å². The Kier molecular flexibility index (Phi) is 3.25. The van der Waals surface area contributed by atoms with Gasteiger partial charge in [0.25, 0.3) is 0 Å². The number of methoxy groups -OCH3 is 1. The lowest BCUT2D eigenvalue weighted by Crippen LogP contribution is -2.18. The summed E-state index contributed by atoms with van der Waals surface area (Å²) >= 11 is 0. The number of anilines is 1. The second kappa shape index (κ2) is 4.52. The molecule has 1 N–H and O–H groups in total. The van der Waals surface area contributed by atoms with Crippen molar-refractivity contribution in [1.29, 1.82) is 5.26 Å². The van der Waals surface area contributed by atoms with Crippen molar-refractivity contribution in [3.63, 3.8) is 0 Å². The molecule has 0 spiro atoms. The number of nitrogens with zero attached hydrogens (tertiary/aromatic N) is 1. The monoisotopic (exact) mass is 272 g/mol. The first kappa shape index (κ1) is 14.4. The van der Waals surface area contributed by atoms with E-state index in [0.717, 1.165) is 0 Å². The molecule has 0 heterocycles. The largest absolute Gasteiger partial charge is 0.495 e. The average Bonchev–Trinajstić information content (AvgIpc) is 2.80. The fraction of sp³-hybridized carbons (Fsp3) is 0.500. The second-order valence-corrected chi connectivity index (χ2v) is 6.39. The highest BCUT2D eigenvalue weighted by Gasteiger charge is 2.68. The molecular formula is C16H20N2O2. The Bertz CT molecular complexity index is 583. The van der Waals surface area contributed by atoms with Gasteiger partial charge in [0, 0.05) is 12.0 Å². The van der Waals surface area contributed by atoms with Crippen LogP contribution in [0.5, 0.6) is 5.75 Å². The summed E-state index contributed by atoms with van der Waals surface area (Å²) in [7, 11) is 1.52. The summed E-state index contributed by atoms with van der Waals surface area (Å²) in [5.74, 6) is 0.493. The number of rotatable bonds is 3. The summed E-state index contributed by atoms with van der Waals surface area (Å²) in [4.78, 5) is 12.4. The molecular weight excluding hydrogens is 252 g/mol. The van der Waals surface area contributed by atoms with Gasteiger partial charge in [-0.15, -0.1) is 0 Å². The third-order valence-electron chi connectivity index (χ3n) is 4.87. The zero-order valence-corrected chi connectivity index (χ0v) is 12.6. The van der Waals surface area contributed by atoms with E-state index in [1.807, 2.05) is 0 Å². The predicted octanol–water partition coefficient (Wildman–Crippen LogP) is 3.19. The molecule has 2 rings (SSSR count). The van der Waals surface area contributed by atoms with Gasteiger partial charge in [-0.2, -0.15) is 5.26 Å². The zero-order valence-electron chi connectivity index (χ0n) is 12.6. The number of carbonyl (C=O) groups is 1. The first-order valence-electron chi connectivity index (χ1n) is 6.64. The Morgan fingerprint density at radius 2 is 1.90 bits per heavy atom. The number of amides is 1. The van der Waals surface area contributed by atoms with Crippen LogP contribution in [0.3, 0.4) is 0 Å². The van der Waals surface area contributed by atoms with Crippen LogP contribution in [0.4, 0.5) is 5.69 Å². The molecule has 4 nitrogen and oxygen atoms in total. The minimum atomic E-state index is -0.0182. The van der Waals surface area contributed by atoms with Crippen molar-refractivity contribution in [3.05, 3.63) is 23.8 Å². The number of benzene rings is 1. The van der Waals surface area contributed by atoms with Crippen molar-refractivity contribution in [2.45, 2.75) is 27.7 Å². The molecule has 1 aliphatic rings. The van der Waals surface area contributed by atoms with Crippen LogP contribution in [-0.4, -0.2) is 13.0 Å². The molecule has 0 aromatic heterocycles. The second-order valence-electron chi connectivity index (χ2n) is 6.39. The summed E-state index contributed by atoms with van der Waals surface area (Å²) in [5, 5.41) is 11.8. The Morgan fingerprint density at radius 3 is 2.35 bits per heavy atom. The quantitative estimate of drug-likeness (QED) is 0.919. The van der Waals surface area contributed by atoms with Crippen molar-refractivity contribution in [2.24, 2.45) is 16.7 Å². The maximum Gasteiger partial charge on any atom is 0.228 e. The van der Waals surface area contributed by atoms with E-state index in [1.165, 1.54) is 7.11 Å². The topological polar surface area (TPSA) is 62.1 Å². The lowest BCUT2D eigenvalue weighted by atomic mass is 10.0. The molecule has 0 unspecified atom stereocenters. The summed E-state index contributed by atoms with van der Waals surface area (Å²) < 4.78 is 5.23. The van der Waals surface area contributed by atoms with Gasteiger partial charge in [-0.3, -0.25) is 4.79 Å². The maximum atomic E-state index is 12.4. The van der Waals surface area contributed by atoms with Crippen LogP contribution in [0.25, 0.3) is 0 Å². The number of carbonyl (C=O) groups excluding carboxylic acids is 1. The lowest BCUT2D eigenvalue weighted by molar-refractivity contribution is -0.118. The van der Waals surface area contributed by atoms with E-state index in [4.69, 9.17) is 10.00 Å². The number of hydrogen-bond acceptors (Lipinski definition) is 3. The van der Waals surface area contributed by atoms with Gasteiger partial charge in [-0.05, 0) is 23.0 Å². The summed E-state index contributed by atoms with van der Waals surface area (Å²) in [5.41, 5.74) is 1.11. The summed E-state index contributed by atoms with van der Waals surface area (Å²) in [6, 6.07) is 7.05. The number of nitriles is 1. The van der Waals surface area contributed by atoms with Gasteiger partial charge in [0.15, 0.2) is 0 Å². The molecule has 1 aromatic rings. The van der Waals surface area contributed by atoms with Gasteiger partial charge in [-0.25, -0.2) is 0 Å². The highest BCUT2D eigenvalue weighted by Crippen LogP contribution is 2.68. The minimum Gasteiger partial charge on any atom is -0.495 e. The number of hydrogen-bond donors (Lipinski definition) is 1. The van der Waals surface area contributed by atoms with E-state index in [1.54, 1.807) is 18.2 Å². The molecule has 0 radical (unpaired) electrons. The van der Waals surface area contributed by atoms with Crippen LogP contribution in [0.1, 0.15) is 33.3 Å². The van der Waals surface area contributed by atoms with E-state index in [2.05, 4.69) is 39.1 Å². The molecule has 1 aromatic carbocycles. The molecule has 0 aliphatic heterocycles. The molecule has 0 bridgehead atoms. The summed E-state index contributed by atoms with van der Waals surface area (Å²) in [6.07, 6.45) is 0. The normalized spacial score (nSPS) is 19.0. The van der Waals surface area contributed by atoms with E-state index in [9.17, 15) is 4.79 Å². The smallest absolute Gasteiger partial charge is 0.228 e. The Balaban J connectivity index is 2.20. The van der Waals surface area contributed by atoms with E-state index in [0.29, 0.717) is 17.0 Å². The van der Waals surface area contributed by atoms with Gasteiger partial charge in [0.05, 0.1) is 24.4 Å². The Morgan fingerprint density at radius 1 is 1.30 bits per heavy atom. The van der Waals surface area contributed by atoms with Crippen molar-refractivity contribution >= 4 is 11.6 Å². The highest BCUT2D eigenvalue weighted by atomic mass is 16.5. The van der Waals surface area contributed by atoms with Crippen LogP contribution < -0.4 is 10.1 Å². The Hall–Kier alpha value is -2.02. The van der Waals surface area contributed by atoms with Crippen molar-refractivity contribution in [1.82, 2.24) is 0 Å². The minimum absolute atomic E-state index is 0.00278. The third kappa shape index (κ3) is 2.03. The average molecular weight is 272 g/mol. The molecule has 106 valence electrons. The molecule has 1 aliphatic carbocycles. The SMILES string of the molecule is COc1cc(C#N)ccc1NC(=O)C1C(C)(C)C1(C)C. The molecule has 1 fully saturated rings. The fourth-order valence-corrected chi connectivity index (χ4v) is 2.92. The van der Waals surface area contributed by atoms with Crippen LogP contribution >= 0.6 is 0 Å². The first-order valence-corrected chi connectivity index (χ1v) is 6.64. The van der Waals surface area contributed by atoms with Crippen LogP contribution in [0.15, 0.2) is 18.2 Å². The van der Waals surface area contributed by atoms with Crippen molar-refractivity contribution in [3.8, 4) is 11.8 Å². The maximum absolute atomic E-state index is 12.4. The van der Waals surface area contributed by atoms with Crippen molar-refractivity contribution < 1.29 is 9.53 Å². The number of nitrogens with one attached hydrogen (secondary N) is 1. The van der Waals surface area contributed by atoms with Crippen LogP contribution in [-0.2, 0) is 4.79 Å². The van der Waals surface area contributed by atoms with Gasteiger partial charge in [-0.1, -0.05) is 27.7 Å².